The highest BCUT2D eigenvalue weighted by atomic mass is 16.2. The van der Waals surface area contributed by atoms with Crippen molar-refractivity contribution in [3.05, 3.63) is 29.8 Å². The summed E-state index contributed by atoms with van der Waals surface area (Å²) in [6.07, 6.45) is 1.35. The third kappa shape index (κ3) is 5.95. The van der Waals surface area contributed by atoms with E-state index in [9.17, 15) is 9.59 Å². The van der Waals surface area contributed by atoms with E-state index in [4.69, 9.17) is 5.73 Å². The molecule has 4 N–H and O–H groups in total. The molecule has 0 saturated heterocycles. The minimum absolute atomic E-state index is 0.0179. The maximum absolute atomic E-state index is 11.8. The Labute approximate surface area is 126 Å². The zero-order valence-electron chi connectivity index (χ0n) is 13.0. The van der Waals surface area contributed by atoms with Crippen molar-refractivity contribution in [2.75, 3.05) is 5.32 Å². The lowest BCUT2D eigenvalue weighted by Crippen LogP contribution is -2.38. The molecule has 0 radical (unpaired) electrons. The zero-order valence-corrected chi connectivity index (χ0v) is 13.0. The molecule has 1 aromatic rings. The smallest absolute Gasteiger partial charge is 0.224 e. The molecule has 2 atom stereocenters. The van der Waals surface area contributed by atoms with E-state index in [-0.39, 0.29) is 23.8 Å². The van der Waals surface area contributed by atoms with E-state index in [1.54, 1.807) is 0 Å². The highest BCUT2D eigenvalue weighted by molar-refractivity contribution is 5.90. The maximum Gasteiger partial charge on any atom is 0.224 e. The molecule has 1 aromatic carbocycles. The largest absolute Gasteiger partial charge is 0.352 e. The Bertz CT molecular complexity index is 469. The molecule has 1 rings (SSSR count). The second-order valence-electron chi connectivity index (χ2n) is 5.36. The standard InChI is InChI=1S/C16H25N3O2/c1-4-5-15(20)19-14-8-6-13(7-9-14)10-18-16(21)11(2)12(3)17/h6-9,11-12H,4-5,10,17H2,1-3H3,(H,18,21)(H,19,20). The molecule has 2 unspecified atom stereocenters. The van der Waals surface area contributed by atoms with Gasteiger partial charge in [-0.2, -0.15) is 0 Å². The van der Waals surface area contributed by atoms with E-state index in [0.717, 1.165) is 17.7 Å². The maximum atomic E-state index is 11.8. The average Bonchev–Trinajstić information content (AvgIpc) is 2.45. The number of nitrogens with two attached hydrogens (primary N) is 1. The minimum Gasteiger partial charge on any atom is -0.352 e. The predicted molar refractivity (Wildman–Crippen MR) is 84.6 cm³/mol. The lowest BCUT2D eigenvalue weighted by Gasteiger charge is -2.15. The van der Waals surface area contributed by atoms with Crippen molar-refractivity contribution in [2.24, 2.45) is 11.7 Å². The van der Waals surface area contributed by atoms with Gasteiger partial charge in [-0.3, -0.25) is 9.59 Å². The Kier molecular flexibility index (Phi) is 6.88. The molecule has 0 fully saturated rings. The Morgan fingerprint density at radius 2 is 1.81 bits per heavy atom. The number of hydrogen-bond donors (Lipinski definition) is 3. The quantitative estimate of drug-likeness (QED) is 0.718. The van der Waals surface area contributed by atoms with Gasteiger partial charge in [-0.05, 0) is 31.0 Å². The zero-order chi connectivity index (χ0) is 15.8. The number of carbonyl (C=O) groups excluding carboxylic acids is 2. The molecule has 0 aliphatic carbocycles. The summed E-state index contributed by atoms with van der Waals surface area (Å²) in [5.74, 6) is -0.243. The van der Waals surface area contributed by atoms with Crippen LogP contribution in [-0.2, 0) is 16.1 Å². The number of anilines is 1. The van der Waals surface area contributed by atoms with Gasteiger partial charge < -0.3 is 16.4 Å². The Hall–Kier alpha value is -1.88. The van der Waals surface area contributed by atoms with E-state index in [2.05, 4.69) is 10.6 Å². The van der Waals surface area contributed by atoms with Crippen molar-refractivity contribution in [3.63, 3.8) is 0 Å². The van der Waals surface area contributed by atoms with Crippen LogP contribution in [-0.4, -0.2) is 17.9 Å². The molecule has 0 spiro atoms. The SMILES string of the molecule is CCCC(=O)Nc1ccc(CNC(=O)C(C)C(C)N)cc1. The molecule has 5 heteroatoms. The first-order valence-electron chi connectivity index (χ1n) is 7.36. The molecule has 0 aliphatic heterocycles. The van der Waals surface area contributed by atoms with Gasteiger partial charge in [-0.1, -0.05) is 26.0 Å². The highest BCUT2D eigenvalue weighted by Crippen LogP contribution is 2.10. The first kappa shape index (κ1) is 17.2. The number of benzene rings is 1. The predicted octanol–water partition coefficient (Wildman–Crippen LogP) is 2.02. The minimum atomic E-state index is -0.211. The number of rotatable bonds is 7. The summed E-state index contributed by atoms with van der Waals surface area (Å²) in [6, 6.07) is 7.28. The molecule has 0 aliphatic rings. The monoisotopic (exact) mass is 291 g/mol. The fourth-order valence-electron chi connectivity index (χ4n) is 1.75. The summed E-state index contributed by atoms with van der Waals surface area (Å²) in [5, 5.41) is 5.68. The van der Waals surface area contributed by atoms with Gasteiger partial charge in [0.1, 0.15) is 0 Å². The Morgan fingerprint density at radius 1 is 1.19 bits per heavy atom. The van der Waals surface area contributed by atoms with E-state index in [1.807, 2.05) is 45.0 Å². The Balaban J connectivity index is 2.48. The van der Waals surface area contributed by atoms with Gasteiger partial charge in [-0.25, -0.2) is 0 Å². The summed E-state index contributed by atoms with van der Waals surface area (Å²) >= 11 is 0. The summed E-state index contributed by atoms with van der Waals surface area (Å²) < 4.78 is 0. The van der Waals surface area contributed by atoms with Gasteiger partial charge in [0.05, 0.1) is 0 Å². The van der Waals surface area contributed by atoms with Crippen LogP contribution < -0.4 is 16.4 Å². The summed E-state index contributed by atoms with van der Waals surface area (Å²) in [5.41, 5.74) is 7.45. The summed E-state index contributed by atoms with van der Waals surface area (Å²) in [6.45, 7) is 6.05. The van der Waals surface area contributed by atoms with Gasteiger partial charge in [0, 0.05) is 30.6 Å². The normalized spacial score (nSPS) is 13.3. The van der Waals surface area contributed by atoms with Gasteiger partial charge in [0.2, 0.25) is 11.8 Å². The second kappa shape index (κ2) is 8.42. The van der Waals surface area contributed by atoms with E-state index < -0.39 is 0 Å². The molecular weight excluding hydrogens is 266 g/mol. The van der Waals surface area contributed by atoms with Crippen LogP contribution in [0.2, 0.25) is 0 Å². The van der Waals surface area contributed by atoms with E-state index in [1.165, 1.54) is 0 Å². The third-order valence-corrected chi connectivity index (χ3v) is 3.38. The molecule has 2 amide bonds. The first-order valence-corrected chi connectivity index (χ1v) is 7.36. The molecule has 0 saturated carbocycles. The number of hydrogen-bond acceptors (Lipinski definition) is 3. The fraction of sp³-hybridized carbons (Fsp3) is 0.500. The van der Waals surface area contributed by atoms with Crippen LogP contribution in [0.1, 0.15) is 39.2 Å². The van der Waals surface area contributed by atoms with Crippen LogP contribution >= 0.6 is 0 Å². The molecule has 0 bridgehead atoms. The van der Waals surface area contributed by atoms with Crippen LogP contribution in [0.5, 0.6) is 0 Å². The van der Waals surface area contributed by atoms with E-state index >= 15 is 0 Å². The lowest BCUT2D eigenvalue weighted by atomic mass is 10.0. The van der Waals surface area contributed by atoms with Crippen molar-refractivity contribution in [2.45, 2.75) is 46.2 Å². The molecule has 5 nitrogen and oxygen atoms in total. The van der Waals surface area contributed by atoms with E-state index in [0.29, 0.717) is 13.0 Å². The number of amides is 2. The first-order chi connectivity index (χ1) is 9.93. The highest BCUT2D eigenvalue weighted by Gasteiger charge is 2.16. The topological polar surface area (TPSA) is 84.2 Å². The third-order valence-electron chi connectivity index (χ3n) is 3.38. The Morgan fingerprint density at radius 3 is 2.33 bits per heavy atom. The second-order valence-corrected chi connectivity index (χ2v) is 5.36. The molecule has 0 heterocycles. The van der Waals surface area contributed by atoms with Crippen molar-refractivity contribution in [1.29, 1.82) is 0 Å². The molecule has 0 aromatic heterocycles. The van der Waals surface area contributed by atoms with Gasteiger partial charge in [0.25, 0.3) is 0 Å². The van der Waals surface area contributed by atoms with Crippen LogP contribution in [0.4, 0.5) is 5.69 Å². The summed E-state index contributed by atoms with van der Waals surface area (Å²) in [7, 11) is 0. The molecule has 116 valence electrons. The van der Waals surface area contributed by atoms with Crippen LogP contribution in [0, 0.1) is 5.92 Å². The summed E-state index contributed by atoms with van der Waals surface area (Å²) in [4.78, 5) is 23.3. The number of carbonyl (C=O) groups is 2. The lowest BCUT2D eigenvalue weighted by molar-refractivity contribution is -0.125. The van der Waals surface area contributed by atoms with Crippen molar-refractivity contribution in [1.82, 2.24) is 5.32 Å². The van der Waals surface area contributed by atoms with Gasteiger partial charge in [0.15, 0.2) is 0 Å². The van der Waals surface area contributed by atoms with Crippen molar-refractivity contribution < 1.29 is 9.59 Å². The molecular formula is C16H25N3O2. The van der Waals surface area contributed by atoms with Crippen molar-refractivity contribution >= 4 is 17.5 Å². The van der Waals surface area contributed by atoms with Crippen molar-refractivity contribution in [3.8, 4) is 0 Å². The van der Waals surface area contributed by atoms with Gasteiger partial charge >= 0.3 is 0 Å². The van der Waals surface area contributed by atoms with Crippen LogP contribution in [0.15, 0.2) is 24.3 Å². The average molecular weight is 291 g/mol. The van der Waals surface area contributed by atoms with Gasteiger partial charge in [-0.15, -0.1) is 0 Å². The van der Waals surface area contributed by atoms with Crippen LogP contribution in [0.3, 0.4) is 0 Å². The fourth-order valence-corrected chi connectivity index (χ4v) is 1.75. The molecule has 21 heavy (non-hydrogen) atoms. The number of nitrogens with one attached hydrogen (secondary N) is 2. The van der Waals surface area contributed by atoms with Crippen LogP contribution in [0.25, 0.3) is 0 Å².